The van der Waals surface area contributed by atoms with Gasteiger partial charge in [-0.05, 0) is 60.4 Å². The van der Waals surface area contributed by atoms with E-state index in [0.717, 1.165) is 11.1 Å². The minimum atomic E-state index is -0.637. The maximum Gasteiger partial charge on any atom is 0.331 e. The van der Waals surface area contributed by atoms with Crippen LogP contribution in [0.1, 0.15) is 23.6 Å². The predicted octanol–water partition coefficient (Wildman–Crippen LogP) is 3.91. The Balaban J connectivity index is 1.58. The number of esters is 1. The standard InChI is InChI=1S/C25H28ClNO7/c1-5-33-22-11-16(10-19(26)25(22)32-4)6-7-24(29)34-15-23(28)27-9-8-17-12-20(30-2)21(31-3)13-18(17)14-27/h6-7,10-13H,5,8-9,14-15H2,1-4H3/b7-6+. The topological polar surface area (TPSA) is 83.5 Å². The molecule has 2 aromatic carbocycles. The van der Waals surface area contributed by atoms with Gasteiger partial charge in [0, 0.05) is 19.2 Å². The zero-order valence-corrected chi connectivity index (χ0v) is 20.4. The number of carbonyl (C=O) groups excluding carboxylic acids is 2. The fraction of sp³-hybridized carbons (Fsp3) is 0.360. The predicted molar refractivity (Wildman–Crippen MR) is 128 cm³/mol. The van der Waals surface area contributed by atoms with Crippen molar-refractivity contribution in [1.29, 1.82) is 0 Å². The van der Waals surface area contributed by atoms with Gasteiger partial charge in [-0.3, -0.25) is 4.79 Å². The van der Waals surface area contributed by atoms with Crippen molar-refractivity contribution in [2.75, 3.05) is 41.1 Å². The van der Waals surface area contributed by atoms with Crippen molar-refractivity contribution in [3.8, 4) is 23.0 Å². The summed E-state index contributed by atoms with van der Waals surface area (Å²) in [6.45, 7) is 2.87. The number of methoxy groups -OCH3 is 3. The second-order valence-electron chi connectivity index (χ2n) is 7.45. The Morgan fingerprint density at radius 3 is 2.35 bits per heavy atom. The van der Waals surface area contributed by atoms with E-state index in [1.165, 1.54) is 19.3 Å². The van der Waals surface area contributed by atoms with Gasteiger partial charge < -0.3 is 28.6 Å². The summed E-state index contributed by atoms with van der Waals surface area (Å²) in [5.41, 5.74) is 2.71. The van der Waals surface area contributed by atoms with Crippen LogP contribution < -0.4 is 18.9 Å². The Morgan fingerprint density at radius 1 is 1.00 bits per heavy atom. The van der Waals surface area contributed by atoms with Crippen molar-refractivity contribution >= 4 is 29.6 Å². The highest BCUT2D eigenvalue weighted by Crippen LogP contribution is 2.37. The van der Waals surface area contributed by atoms with E-state index in [4.69, 9.17) is 35.3 Å². The first-order valence-electron chi connectivity index (χ1n) is 10.8. The lowest BCUT2D eigenvalue weighted by molar-refractivity contribution is -0.148. The number of nitrogens with zero attached hydrogens (tertiary/aromatic N) is 1. The Morgan fingerprint density at radius 2 is 1.71 bits per heavy atom. The minimum Gasteiger partial charge on any atom is -0.493 e. The first-order chi connectivity index (χ1) is 16.4. The number of rotatable bonds is 9. The molecule has 0 bridgehead atoms. The number of ether oxygens (including phenoxy) is 5. The molecule has 1 aliphatic rings. The van der Waals surface area contributed by atoms with Crippen LogP contribution in [0.4, 0.5) is 0 Å². The molecule has 1 amide bonds. The molecule has 0 fully saturated rings. The average Bonchev–Trinajstić information content (AvgIpc) is 2.84. The third-order valence-corrected chi connectivity index (χ3v) is 5.64. The summed E-state index contributed by atoms with van der Waals surface area (Å²) in [5, 5.41) is 0.358. The summed E-state index contributed by atoms with van der Waals surface area (Å²) in [4.78, 5) is 26.4. The second kappa shape index (κ2) is 11.7. The maximum atomic E-state index is 12.6. The van der Waals surface area contributed by atoms with Gasteiger partial charge in [0.25, 0.3) is 5.91 Å². The van der Waals surface area contributed by atoms with Crippen molar-refractivity contribution < 1.29 is 33.3 Å². The van der Waals surface area contributed by atoms with Gasteiger partial charge in [0.05, 0.1) is 33.0 Å². The van der Waals surface area contributed by atoms with E-state index < -0.39 is 5.97 Å². The molecule has 0 aromatic heterocycles. The molecule has 0 aliphatic carbocycles. The Hall–Kier alpha value is -3.39. The molecule has 1 heterocycles. The van der Waals surface area contributed by atoms with Crippen molar-refractivity contribution in [2.45, 2.75) is 19.9 Å². The zero-order valence-electron chi connectivity index (χ0n) is 19.7. The molecule has 34 heavy (non-hydrogen) atoms. The normalized spacial score (nSPS) is 12.8. The fourth-order valence-electron chi connectivity index (χ4n) is 3.68. The molecule has 8 nitrogen and oxygen atoms in total. The Kier molecular flexibility index (Phi) is 8.65. The van der Waals surface area contributed by atoms with Gasteiger partial charge >= 0.3 is 5.97 Å². The number of fused-ring (bicyclic) bond motifs is 1. The van der Waals surface area contributed by atoms with Gasteiger partial charge in [0.2, 0.25) is 0 Å². The van der Waals surface area contributed by atoms with E-state index in [-0.39, 0.29) is 12.5 Å². The van der Waals surface area contributed by atoms with Crippen LogP contribution in [0.25, 0.3) is 6.08 Å². The van der Waals surface area contributed by atoms with Crippen molar-refractivity contribution in [1.82, 2.24) is 4.90 Å². The van der Waals surface area contributed by atoms with Crippen LogP contribution in [0.3, 0.4) is 0 Å². The van der Waals surface area contributed by atoms with Crippen molar-refractivity contribution in [3.05, 3.63) is 52.1 Å². The molecular formula is C25H28ClNO7. The quantitative estimate of drug-likeness (QED) is 0.390. The Bertz CT molecular complexity index is 1080. The molecule has 0 N–H and O–H groups in total. The maximum absolute atomic E-state index is 12.6. The van der Waals surface area contributed by atoms with Crippen LogP contribution in [-0.2, 0) is 27.3 Å². The molecule has 182 valence electrons. The number of benzene rings is 2. The van der Waals surface area contributed by atoms with Crippen LogP contribution >= 0.6 is 11.6 Å². The SMILES string of the molecule is CCOc1cc(/C=C/C(=O)OCC(=O)N2CCc3cc(OC)c(OC)cc3C2)cc(Cl)c1OC. The summed E-state index contributed by atoms with van der Waals surface area (Å²) < 4.78 is 26.6. The molecule has 0 atom stereocenters. The lowest BCUT2D eigenvalue weighted by Gasteiger charge is -2.29. The summed E-state index contributed by atoms with van der Waals surface area (Å²) in [6, 6.07) is 7.16. The molecule has 3 rings (SSSR count). The fourth-order valence-corrected chi connectivity index (χ4v) is 3.97. The van der Waals surface area contributed by atoms with Crippen molar-refractivity contribution in [2.24, 2.45) is 0 Å². The van der Waals surface area contributed by atoms with E-state index in [1.807, 2.05) is 19.1 Å². The van der Waals surface area contributed by atoms with E-state index in [9.17, 15) is 9.59 Å². The molecule has 0 unspecified atom stereocenters. The van der Waals surface area contributed by atoms with Crippen LogP contribution in [0.5, 0.6) is 23.0 Å². The highest BCUT2D eigenvalue weighted by Gasteiger charge is 2.23. The number of carbonyl (C=O) groups is 2. The number of halogens is 1. The number of hydrogen-bond donors (Lipinski definition) is 0. The first-order valence-corrected chi connectivity index (χ1v) is 11.1. The van der Waals surface area contributed by atoms with E-state index in [1.54, 1.807) is 31.3 Å². The average molecular weight is 490 g/mol. The molecule has 1 aliphatic heterocycles. The summed E-state index contributed by atoms with van der Waals surface area (Å²) in [7, 11) is 4.66. The zero-order chi connectivity index (χ0) is 24.7. The second-order valence-corrected chi connectivity index (χ2v) is 7.86. The highest BCUT2D eigenvalue weighted by atomic mass is 35.5. The molecule has 0 saturated heterocycles. The molecule has 2 aromatic rings. The molecule has 0 radical (unpaired) electrons. The van der Waals surface area contributed by atoms with Gasteiger partial charge in [-0.2, -0.15) is 0 Å². The van der Waals surface area contributed by atoms with Crippen LogP contribution in [0, 0.1) is 0 Å². The van der Waals surface area contributed by atoms with Gasteiger partial charge in [-0.15, -0.1) is 0 Å². The monoisotopic (exact) mass is 489 g/mol. The summed E-state index contributed by atoms with van der Waals surface area (Å²) >= 11 is 6.23. The van der Waals surface area contributed by atoms with E-state index in [2.05, 4.69) is 0 Å². The number of hydrogen-bond acceptors (Lipinski definition) is 7. The van der Waals surface area contributed by atoms with Crippen molar-refractivity contribution in [3.63, 3.8) is 0 Å². The van der Waals surface area contributed by atoms with Gasteiger partial charge in [-0.25, -0.2) is 4.79 Å². The van der Waals surface area contributed by atoms with Crippen LogP contribution in [0.15, 0.2) is 30.3 Å². The minimum absolute atomic E-state index is 0.270. The molecule has 0 saturated carbocycles. The van der Waals surface area contributed by atoms with E-state index in [0.29, 0.717) is 59.7 Å². The molecule has 0 spiro atoms. The highest BCUT2D eigenvalue weighted by molar-refractivity contribution is 6.32. The van der Waals surface area contributed by atoms with Crippen LogP contribution in [0.2, 0.25) is 5.02 Å². The largest absolute Gasteiger partial charge is 0.493 e. The van der Waals surface area contributed by atoms with Gasteiger partial charge in [0.1, 0.15) is 0 Å². The lowest BCUT2D eigenvalue weighted by Crippen LogP contribution is -2.38. The third kappa shape index (κ3) is 5.94. The summed E-state index contributed by atoms with van der Waals surface area (Å²) in [6.07, 6.45) is 3.46. The molecule has 9 heteroatoms. The van der Waals surface area contributed by atoms with Crippen LogP contribution in [-0.4, -0.2) is 57.9 Å². The van der Waals surface area contributed by atoms with Gasteiger partial charge in [-0.1, -0.05) is 11.6 Å². The number of amides is 1. The summed E-state index contributed by atoms with van der Waals surface area (Å²) in [5.74, 6) is 1.26. The Labute approximate surface area is 203 Å². The van der Waals surface area contributed by atoms with E-state index >= 15 is 0 Å². The molecular weight excluding hydrogens is 462 g/mol. The third-order valence-electron chi connectivity index (χ3n) is 5.36. The lowest BCUT2D eigenvalue weighted by atomic mass is 9.99. The smallest absolute Gasteiger partial charge is 0.331 e. The van der Waals surface area contributed by atoms with Gasteiger partial charge in [0.15, 0.2) is 29.6 Å². The first kappa shape index (κ1) is 25.2.